The Bertz CT molecular complexity index is 1470. The summed E-state index contributed by atoms with van der Waals surface area (Å²) in [5, 5.41) is 8.09. The topological polar surface area (TPSA) is 97.2 Å². The minimum absolute atomic E-state index is 0.179. The molecular weight excluding hydrogens is 494 g/mol. The Morgan fingerprint density at radius 1 is 1.06 bits per heavy atom. The molecule has 2 aromatic carbocycles. The van der Waals surface area contributed by atoms with Gasteiger partial charge >= 0.3 is 0 Å². The van der Waals surface area contributed by atoms with E-state index in [9.17, 15) is 13.2 Å². The standard InChI is InChI=1S/C26H31N5O3S2/c1-6-8-13-30(7-2)36(33,34)21-11-9-20(10-12-21)25(32)28-24-16-19(5)29-31(24)26-27-22-14-17(3)18(4)15-23(22)35-26/h9-12,14-16H,6-8,13H2,1-5H3,(H,28,32). The van der Waals surface area contributed by atoms with Gasteiger partial charge in [-0.05, 0) is 74.7 Å². The number of benzene rings is 2. The monoisotopic (exact) mass is 525 g/mol. The average molecular weight is 526 g/mol. The summed E-state index contributed by atoms with van der Waals surface area (Å²) in [6.45, 7) is 10.7. The molecule has 0 spiro atoms. The largest absolute Gasteiger partial charge is 0.306 e. The first-order chi connectivity index (χ1) is 17.1. The second kappa shape index (κ2) is 10.5. The van der Waals surface area contributed by atoms with Crippen molar-refractivity contribution in [1.29, 1.82) is 0 Å². The van der Waals surface area contributed by atoms with Crippen LogP contribution in [0.4, 0.5) is 5.82 Å². The van der Waals surface area contributed by atoms with Crippen molar-refractivity contribution in [1.82, 2.24) is 19.1 Å². The van der Waals surface area contributed by atoms with Crippen LogP contribution in [0, 0.1) is 20.8 Å². The quantitative estimate of drug-likeness (QED) is 0.313. The predicted octanol–water partition coefficient (Wildman–Crippen LogP) is 5.47. The van der Waals surface area contributed by atoms with Crippen molar-refractivity contribution < 1.29 is 13.2 Å². The van der Waals surface area contributed by atoms with Crippen LogP contribution in [0.3, 0.4) is 0 Å². The summed E-state index contributed by atoms with van der Waals surface area (Å²) in [5.74, 6) is 0.143. The smallest absolute Gasteiger partial charge is 0.256 e. The number of rotatable bonds is 9. The molecule has 1 amide bonds. The lowest BCUT2D eigenvalue weighted by atomic mass is 10.1. The lowest BCUT2D eigenvalue weighted by Gasteiger charge is -2.20. The molecule has 190 valence electrons. The summed E-state index contributed by atoms with van der Waals surface area (Å²) in [6, 6.07) is 12.0. The highest BCUT2D eigenvalue weighted by Crippen LogP contribution is 2.29. The Labute approximate surface area is 216 Å². The van der Waals surface area contributed by atoms with Crippen molar-refractivity contribution in [2.45, 2.75) is 52.4 Å². The fourth-order valence-corrected chi connectivity index (χ4v) is 6.39. The number of carbonyl (C=O) groups excluding carboxylic acids is 1. The first kappa shape index (κ1) is 26.0. The van der Waals surface area contributed by atoms with Crippen molar-refractivity contribution in [3.8, 4) is 5.13 Å². The molecule has 0 atom stereocenters. The van der Waals surface area contributed by atoms with Gasteiger partial charge in [-0.15, -0.1) is 0 Å². The van der Waals surface area contributed by atoms with Gasteiger partial charge in [0.15, 0.2) is 0 Å². The minimum Gasteiger partial charge on any atom is -0.306 e. The highest BCUT2D eigenvalue weighted by molar-refractivity contribution is 7.89. The van der Waals surface area contributed by atoms with Crippen LogP contribution in [-0.4, -0.2) is 46.5 Å². The molecule has 0 fully saturated rings. The van der Waals surface area contributed by atoms with Crippen LogP contribution in [0.1, 0.15) is 53.9 Å². The number of unbranched alkanes of at least 4 members (excludes halogenated alkanes) is 1. The van der Waals surface area contributed by atoms with Gasteiger partial charge in [0.25, 0.3) is 5.91 Å². The third-order valence-electron chi connectivity index (χ3n) is 6.12. The fraction of sp³-hybridized carbons (Fsp3) is 0.346. The summed E-state index contributed by atoms with van der Waals surface area (Å²) in [5.41, 5.74) is 4.35. The molecule has 1 N–H and O–H groups in total. The summed E-state index contributed by atoms with van der Waals surface area (Å²) < 4.78 is 30.1. The molecular formula is C26H31N5O3S2. The van der Waals surface area contributed by atoms with Crippen molar-refractivity contribution in [3.05, 3.63) is 64.8 Å². The predicted molar refractivity (Wildman–Crippen MR) is 145 cm³/mol. The summed E-state index contributed by atoms with van der Waals surface area (Å²) in [6.07, 6.45) is 1.71. The molecule has 2 heterocycles. The normalized spacial score (nSPS) is 11.9. The van der Waals surface area contributed by atoms with Gasteiger partial charge in [-0.25, -0.2) is 13.4 Å². The van der Waals surface area contributed by atoms with Crippen LogP contribution in [0.5, 0.6) is 0 Å². The van der Waals surface area contributed by atoms with Gasteiger partial charge in [0.1, 0.15) is 5.82 Å². The number of aryl methyl sites for hydroxylation is 3. The Morgan fingerprint density at radius 3 is 2.42 bits per heavy atom. The molecule has 10 heteroatoms. The van der Waals surface area contributed by atoms with Gasteiger partial charge in [0.2, 0.25) is 15.2 Å². The van der Waals surface area contributed by atoms with Crippen LogP contribution < -0.4 is 5.32 Å². The minimum atomic E-state index is -3.60. The molecule has 0 saturated heterocycles. The van der Waals surface area contributed by atoms with Crippen molar-refractivity contribution in [3.63, 3.8) is 0 Å². The number of hydrogen-bond acceptors (Lipinski definition) is 6. The number of thiazole rings is 1. The van der Waals surface area contributed by atoms with Crippen LogP contribution in [0.15, 0.2) is 47.4 Å². The number of fused-ring (bicyclic) bond motifs is 1. The van der Waals surface area contributed by atoms with E-state index in [-0.39, 0.29) is 10.8 Å². The van der Waals surface area contributed by atoms with E-state index in [1.807, 2.05) is 20.8 Å². The average Bonchev–Trinajstić information content (AvgIpc) is 3.42. The second-order valence-corrected chi connectivity index (χ2v) is 11.8. The van der Waals surface area contributed by atoms with Gasteiger partial charge < -0.3 is 5.32 Å². The molecule has 4 rings (SSSR count). The maximum atomic E-state index is 13.0. The molecule has 0 bridgehead atoms. The van der Waals surface area contributed by atoms with Gasteiger partial charge in [0.05, 0.1) is 20.8 Å². The number of hydrogen-bond donors (Lipinski definition) is 1. The molecule has 0 aliphatic heterocycles. The maximum absolute atomic E-state index is 13.0. The third-order valence-corrected chi connectivity index (χ3v) is 9.10. The number of nitrogens with zero attached hydrogens (tertiary/aromatic N) is 4. The molecule has 0 saturated carbocycles. The molecule has 0 radical (unpaired) electrons. The Morgan fingerprint density at radius 2 is 1.75 bits per heavy atom. The Kier molecular flexibility index (Phi) is 7.58. The van der Waals surface area contributed by atoms with E-state index in [0.29, 0.717) is 29.6 Å². The van der Waals surface area contributed by atoms with Crippen LogP contribution >= 0.6 is 11.3 Å². The fourth-order valence-electron chi connectivity index (χ4n) is 3.89. The molecule has 36 heavy (non-hydrogen) atoms. The Balaban J connectivity index is 1.57. The zero-order chi connectivity index (χ0) is 26.0. The number of amides is 1. The van der Waals surface area contributed by atoms with E-state index in [4.69, 9.17) is 4.98 Å². The second-order valence-electron chi connectivity index (χ2n) is 8.81. The summed E-state index contributed by atoms with van der Waals surface area (Å²) in [7, 11) is -3.60. The first-order valence-electron chi connectivity index (χ1n) is 12.0. The molecule has 0 aliphatic carbocycles. The summed E-state index contributed by atoms with van der Waals surface area (Å²) >= 11 is 1.51. The van der Waals surface area contributed by atoms with Crippen molar-refractivity contribution >= 4 is 43.3 Å². The van der Waals surface area contributed by atoms with Crippen LogP contribution in [0.25, 0.3) is 15.3 Å². The molecule has 2 aromatic heterocycles. The number of carbonyl (C=O) groups is 1. The van der Waals surface area contributed by atoms with Crippen LogP contribution in [0.2, 0.25) is 0 Å². The van der Waals surface area contributed by atoms with E-state index in [2.05, 4.69) is 36.4 Å². The van der Waals surface area contributed by atoms with Crippen molar-refractivity contribution in [2.24, 2.45) is 0 Å². The zero-order valence-corrected chi connectivity index (χ0v) is 22.8. The molecule has 4 aromatic rings. The van der Waals surface area contributed by atoms with E-state index >= 15 is 0 Å². The molecule has 8 nitrogen and oxygen atoms in total. The van der Waals surface area contributed by atoms with E-state index in [1.54, 1.807) is 10.7 Å². The SMILES string of the molecule is CCCCN(CC)S(=O)(=O)c1ccc(C(=O)Nc2cc(C)nn2-c2nc3cc(C)c(C)cc3s2)cc1. The molecule has 0 aliphatic rings. The van der Waals surface area contributed by atoms with Gasteiger partial charge in [0, 0.05) is 24.7 Å². The van der Waals surface area contributed by atoms with Crippen molar-refractivity contribution in [2.75, 3.05) is 18.4 Å². The number of sulfonamides is 1. The van der Waals surface area contributed by atoms with Gasteiger partial charge in [-0.2, -0.15) is 14.1 Å². The van der Waals surface area contributed by atoms with Crippen LogP contribution in [-0.2, 0) is 10.0 Å². The summed E-state index contributed by atoms with van der Waals surface area (Å²) in [4.78, 5) is 17.9. The highest BCUT2D eigenvalue weighted by atomic mass is 32.2. The molecule has 0 unspecified atom stereocenters. The zero-order valence-electron chi connectivity index (χ0n) is 21.2. The number of aromatic nitrogens is 3. The van der Waals surface area contributed by atoms with Gasteiger partial charge in [-0.3, -0.25) is 4.79 Å². The number of anilines is 1. The third kappa shape index (κ3) is 5.21. The Hall–Kier alpha value is -3.08. The first-order valence-corrected chi connectivity index (χ1v) is 14.3. The van der Waals surface area contributed by atoms with E-state index in [1.165, 1.54) is 51.0 Å². The number of nitrogens with one attached hydrogen (secondary N) is 1. The van der Waals surface area contributed by atoms with E-state index in [0.717, 1.165) is 28.8 Å². The lowest BCUT2D eigenvalue weighted by Crippen LogP contribution is -2.31. The maximum Gasteiger partial charge on any atom is 0.256 e. The van der Waals surface area contributed by atoms with Gasteiger partial charge in [-0.1, -0.05) is 31.6 Å². The van der Waals surface area contributed by atoms with E-state index < -0.39 is 10.0 Å². The lowest BCUT2D eigenvalue weighted by molar-refractivity contribution is 0.102. The highest BCUT2D eigenvalue weighted by Gasteiger charge is 2.23.